The van der Waals surface area contributed by atoms with E-state index < -0.39 is 65.6 Å². The van der Waals surface area contributed by atoms with Gasteiger partial charge in [0.05, 0.1) is 0 Å². The van der Waals surface area contributed by atoms with Gasteiger partial charge in [0.25, 0.3) is 5.91 Å². The maximum absolute atomic E-state index is 13.3. The van der Waals surface area contributed by atoms with E-state index in [-0.39, 0.29) is 30.0 Å². The standard InChI is InChI=1S/C27H29F3N4O7S/c1-26(2,3)41-25(40)32-18(15-7-5-4-6-8-15)21(36)31-19-22(37)34-20(24(38)39)16(12-42-23(19)34)9-14-10-17(35)33(11-14)13-27(28,29)30/h4-9,18-19,23H,10-13H2,1-3H3,(H,31,36)(H,32,40)(H,38,39)/t18-,19-,23-/m1/s1. The summed E-state index contributed by atoms with van der Waals surface area (Å²) < 4.78 is 43.6. The number of thioether (sulfide) groups is 1. The molecular formula is C27H29F3N4O7S. The molecule has 3 heterocycles. The summed E-state index contributed by atoms with van der Waals surface area (Å²) in [6, 6.07) is 5.96. The number of rotatable bonds is 7. The van der Waals surface area contributed by atoms with E-state index >= 15 is 0 Å². The second-order valence-corrected chi connectivity index (χ2v) is 12.0. The van der Waals surface area contributed by atoms with Gasteiger partial charge in [-0.1, -0.05) is 36.4 Å². The minimum absolute atomic E-state index is 0.0671. The molecule has 3 aliphatic rings. The number of amides is 4. The van der Waals surface area contributed by atoms with Crippen LogP contribution >= 0.6 is 11.8 Å². The third-order valence-electron chi connectivity index (χ3n) is 6.43. The Balaban J connectivity index is 1.51. The molecule has 0 spiro atoms. The lowest BCUT2D eigenvalue weighted by Crippen LogP contribution is -2.71. The van der Waals surface area contributed by atoms with Crippen molar-refractivity contribution in [2.75, 3.05) is 18.8 Å². The molecular weight excluding hydrogens is 581 g/mol. The van der Waals surface area contributed by atoms with Gasteiger partial charge in [-0.05, 0) is 37.5 Å². The molecule has 0 aliphatic carbocycles. The zero-order chi connectivity index (χ0) is 31.0. The molecule has 15 heteroatoms. The van der Waals surface area contributed by atoms with Crippen molar-refractivity contribution in [1.82, 2.24) is 20.4 Å². The van der Waals surface area contributed by atoms with E-state index in [0.29, 0.717) is 16.0 Å². The van der Waals surface area contributed by atoms with E-state index in [4.69, 9.17) is 4.74 Å². The summed E-state index contributed by atoms with van der Waals surface area (Å²) >= 11 is 1.15. The summed E-state index contributed by atoms with van der Waals surface area (Å²) in [6.45, 7) is 3.26. The van der Waals surface area contributed by atoms with Crippen LogP contribution < -0.4 is 10.6 Å². The molecule has 0 aromatic heterocycles. The van der Waals surface area contributed by atoms with E-state index in [0.717, 1.165) is 16.7 Å². The number of aliphatic carboxylic acids is 1. The summed E-state index contributed by atoms with van der Waals surface area (Å²) in [6.07, 6.45) is -4.36. The second kappa shape index (κ2) is 11.7. The normalized spacial score (nSPS) is 22.5. The van der Waals surface area contributed by atoms with Crippen molar-refractivity contribution in [1.29, 1.82) is 0 Å². The van der Waals surface area contributed by atoms with Gasteiger partial charge in [0.15, 0.2) is 0 Å². The first-order valence-electron chi connectivity index (χ1n) is 12.8. The number of carboxylic acids is 1. The van der Waals surface area contributed by atoms with Gasteiger partial charge in [-0.3, -0.25) is 19.3 Å². The summed E-state index contributed by atoms with van der Waals surface area (Å²) in [7, 11) is 0. The first kappa shape index (κ1) is 30.9. The summed E-state index contributed by atoms with van der Waals surface area (Å²) in [5.41, 5.74) is -0.303. The fourth-order valence-corrected chi connectivity index (χ4v) is 6.07. The number of ether oxygens (including phenoxy) is 1. The van der Waals surface area contributed by atoms with Crippen molar-refractivity contribution in [3.63, 3.8) is 0 Å². The van der Waals surface area contributed by atoms with Crippen molar-refractivity contribution < 1.29 is 47.0 Å². The van der Waals surface area contributed by atoms with E-state index in [1.165, 1.54) is 6.08 Å². The van der Waals surface area contributed by atoms with E-state index in [9.17, 15) is 42.3 Å². The highest BCUT2D eigenvalue weighted by Crippen LogP contribution is 2.41. The van der Waals surface area contributed by atoms with Crippen molar-refractivity contribution in [3.8, 4) is 0 Å². The number of allylic oxidation sites excluding steroid dienone is 1. The van der Waals surface area contributed by atoms with Crippen molar-refractivity contribution in [3.05, 3.63) is 58.8 Å². The lowest BCUT2D eigenvalue weighted by molar-refractivity contribution is -0.157. The molecule has 2 fully saturated rings. The van der Waals surface area contributed by atoms with Crippen molar-refractivity contribution in [2.24, 2.45) is 0 Å². The molecule has 4 amide bonds. The lowest BCUT2D eigenvalue weighted by atomic mass is 10.00. The van der Waals surface area contributed by atoms with Gasteiger partial charge in [-0.15, -0.1) is 11.8 Å². The van der Waals surface area contributed by atoms with Gasteiger partial charge in [-0.25, -0.2) is 9.59 Å². The van der Waals surface area contributed by atoms with Crippen LogP contribution in [0.1, 0.15) is 38.8 Å². The predicted octanol–water partition coefficient (Wildman–Crippen LogP) is 2.71. The molecule has 42 heavy (non-hydrogen) atoms. The maximum Gasteiger partial charge on any atom is 0.408 e. The van der Waals surface area contributed by atoms with Gasteiger partial charge < -0.3 is 25.4 Å². The highest BCUT2D eigenvalue weighted by Gasteiger charge is 2.54. The Bertz CT molecular complexity index is 1360. The summed E-state index contributed by atoms with van der Waals surface area (Å²) in [4.78, 5) is 64.8. The maximum atomic E-state index is 13.3. The molecule has 3 aliphatic heterocycles. The van der Waals surface area contributed by atoms with E-state index in [2.05, 4.69) is 10.6 Å². The number of fused-ring (bicyclic) bond motifs is 1. The van der Waals surface area contributed by atoms with Crippen molar-refractivity contribution >= 4 is 41.5 Å². The minimum atomic E-state index is -4.57. The van der Waals surface area contributed by atoms with Gasteiger partial charge in [0.1, 0.15) is 35.3 Å². The lowest BCUT2D eigenvalue weighted by Gasteiger charge is -2.49. The number of alkyl halides is 3. The smallest absolute Gasteiger partial charge is 0.408 e. The molecule has 3 N–H and O–H groups in total. The monoisotopic (exact) mass is 610 g/mol. The molecule has 1 aromatic carbocycles. The molecule has 11 nitrogen and oxygen atoms in total. The number of benzene rings is 1. The number of alkyl carbamates (subject to hydrolysis) is 1. The molecule has 2 saturated heterocycles. The van der Waals surface area contributed by atoms with Crippen LogP contribution in [0.15, 0.2) is 53.3 Å². The highest BCUT2D eigenvalue weighted by atomic mass is 32.2. The Hall–Kier alpha value is -4.01. The van der Waals surface area contributed by atoms with Crippen LogP contribution in [0.3, 0.4) is 0 Å². The first-order valence-corrected chi connectivity index (χ1v) is 13.9. The molecule has 0 radical (unpaired) electrons. The number of likely N-dealkylation sites (tertiary alicyclic amines) is 1. The van der Waals surface area contributed by atoms with E-state index in [1.54, 1.807) is 51.1 Å². The molecule has 226 valence electrons. The van der Waals surface area contributed by atoms with Crippen LogP contribution in [0, 0.1) is 0 Å². The third-order valence-corrected chi connectivity index (χ3v) is 7.73. The van der Waals surface area contributed by atoms with Gasteiger partial charge in [0.2, 0.25) is 11.8 Å². The van der Waals surface area contributed by atoms with Crippen molar-refractivity contribution in [2.45, 2.75) is 56.4 Å². The number of nitrogens with one attached hydrogen (secondary N) is 2. The number of carbonyl (C=O) groups excluding carboxylic acids is 4. The topological polar surface area (TPSA) is 145 Å². The fourth-order valence-electron chi connectivity index (χ4n) is 4.76. The van der Waals surface area contributed by atoms with Gasteiger partial charge in [-0.2, -0.15) is 13.2 Å². The van der Waals surface area contributed by atoms with Gasteiger partial charge in [0, 0.05) is 18.7 Å². The van der Waals surface area contributed by atoms with Crippen LogP contribution in [0.2, 0.25) is 0 Å². The largest absolute Gasteiger partial charge is 0.477 e. The number of nitrogens with zero attached hydrogens (tertiary/aromatic N) is 2. The number of hydrogen-bond acceptors (Lipinski definition) is 7. The van der Waals surface area contributed by atoms with E-state index in [1.807, 2.05) is 0 Å². The van der Waals surface area contributed by atoms with Gasteiger partial charge >= 0.3 is 18.2 Å². The number of carboxylic acid groups (broad SMARTS) is 1. The Morgan fingerprint density at radius 3 is 2.43 bits per heavy atom. The van der Waals surface area contributed by atoms with Crippen LogP contribution in [-0.4, -0.2) is 86.7 Å². The zero-order valence-electron chi connectivity index (χ0n) is 22.9. The number of hydrogen-bond donors (Lipinski definition) is 3. The molecule has 4 rings (SSSR count). The third kappa shape index (κ3) is 7.06. The molecule has 0 unspecified atom stereocenters. The predicted molar refractivity (Wildman–Crippen MR) is 144 cm³/mol. The Labute approximate surface area is 243 Å². The Kier molecular flexibility index (Phi) is 8.62. The van der Waals surface area contributed by atoms with Crippen LogP contribution in [0.4, 0.5) is 18.0 Å². The molecule has 1 aromatic rings. The minimum Gasteiger partial charge on any atom is -0.477 e. The molecule has 3 atom stereocenters. The average Bonchev–Trinajstić information content (AvgIpc) is 3.21. The van der Waals surface area contributed by atoms with Crippen LogP contribution in [0.25, 0.3) is 0 Å². The Morgan fingerprint density at radius 1 is 1.17 bits per heavy atom. The quantitative estimate of drug-likeness (QED) is 0.400. The molecule has 0 bridgehead atoms. The highest BCUT2D eigenvalue weighted by molar-refractivity contribution is 8.00. The zero-order valence-corrected chi connectivity index (χ0v) is 23.7. The number of β-lactam (4-membered cyclic amide) rings is 1. The Morgan fingerprint density at radius 2 is 1.83 bits per heavy atom. The number of carbonyl (C=O) groups is 5. The molecule has 0 saturated carbocycles. The first-order chi connectivity index (χ1) is 19.5. The second-order valence-electron chi connectivity index (χ2n) is 10.9. The van der Waals surface area contributed by atoms with Crippen LogP contribution in [-0.2, 0) is 23.9 Å². The average molecular weight is 611 g/mol. The summed E-state index contributed by atoms with van der Waals surface area (Å²) in [5, 5.41) is 14.2. The number of halogens is 3. The van der Waals surface area contributed by atoms with Crippen LogP contribution in [0.5, 0.6) is 0 Å². The SMILES string of the molecule is CC(C)(C)OC(=O)N[C@@H](C(=O)N[C@@H]1C(=O)N2C(C(=O)O)=C(C=C3CC(=O)N(CC(F)(F)F)C3)CS[C@H]12)c1ccccc1. The summed E-state index contributed by atoms with van der Waals surface area (Å²) in [5.74, 6) is -3.52. The fraction of sp³-hybridized carbons (Fsp3) is 0.444.